The molecule has 9 heteroatoms. The highest BCUT2D eigenvalue weighted by atomic mass is 16.6. The van der Waals surface area contributed by atoms with E-state index in [1.807, 2.05) is 36.4 Å². The zero-order chi connectivity index (χ0) is 24.3. The summed E-state index contributed by atoms with van der Waals surface area (Å²) in [4.78, 5) is 26.1. The Hall–Kier alpha value is -3.40. The molecule has 1 fully saturated rings. The van der Waals surface area contributed by atoms with E-state index in [4.69, 9.17) is 15.2 Å². The third-order valence-corrected chi connectivity index (χ3v) is 7.03. The molecule has 0 aromatic heterocycles. The number of carboxylic acids is 2. The molecule has 9 nitrogen and oxygen atoms in total. The summed E-state index contributed by atoms with van der Waals surface area (Å²) in [5.41, 5.74) is 5.69. The van der Waals surface area contributed by atoms with Crippen molar-refractivity contribution < 1.29 is 34.8 Å². The van der Waals surface area contributed by atoms with Gasteiger partial charge in [0.25, 0.3) is 0 Å². The maximum absolute atomic E-state index is 12.3. The van der Waals surface area contributed by atoms with Gasteiger partial charge in [-0.15, -0.1) is 0 Å². The Bertz CT molecular complexity index is 1090. The van der Waals surface area contributed by atoms with Crippen LogP contribution in [0.2, 0.25) is 0 Å². The summed E-state index contributed by atoms with van der Waals surface area (Å²) in [6, 6.07) is 15.1. The van der Waals surface area contributed by atoms with Gasteiger partial charge >= 0.3 is 11.9 Å². The van der Waals surface area contributed by atoms with Gasteiger partial charge in [-0.05, 0) is 49.9 Å². The van der Waals surface area contributed by atoms with Gasteiger partial charge < -0.3 is 35.8 Å². The van der Waals surface area contributed by atoms with E-state index in [0.717, 1.165) is 30.3 Å². The molecule has 0 bridgehead atoms. The van der Waals surface area contributed by atoms with Crippen LogP contribution in [0.25, 0.3) is 0 Å². The molecule has 2 heterocycles. The van der Waals surface area contributed by atoms with E-state index in [1.54, 1.807) is 19.1 Å². The van der Waals surface area contributed by atoms with Crippen LogP contribution in [-0.2, 0) is 27.4 Å². The lowest BCUT2D eigenvalue weighted by atomic mass is 9.72. The highest BCUT2D eigenvalue weighted by Crippen LogP contribution is 2.47. The number of carboxylic acid groups (broad SMARTS) is 2. The fourth-order valence-electron chi connectivity index (χ4n) is 4.95. The number of nitrogens with two attached hydrogens (primary N) is 1. The van der Waals surface area contributed by atoms with Crippen molar-refractivity contribution >= 4 is 17.6 Å². The molecule has 4 rings (SSSR count). The molecule has 188 valence electrons. The zero-order valence-corrected chi connectivity index (χ0v) is 19.7. The van der Waals surface area contributed by atoms with E-state index >= 15 is 0 Å². The number of likely N-dealkylation sites (tertiary alicyclic amines) is 1. The van der Waals surface area contributed by atoms with E-state index in [0.29, 0.717) is 31.7 Å². The predicted molar refractivity (Wildman–Crippen MR) is 130 cm³/mol. The summed E-state index contributed by atoms with van der Waals surface area (Å²) in [7, 11) is 0. The Labute approximate surface area is 204 Å². The second kappa shape index (κ2) is 10.5. The smallest absolute Gasteiger partial charge is 0.336 e. The summed E-state index contributed by atoms with van der Waals surface area (Å²) in [6.45, 7) is 4.09. The van der Waals surface area contributed by atoms with Crippen LogP contribution < -0.4 is 10.5 Å². The predicted octanol–water partition coefficient (Wildman–Crippen LogP) is 2.28. The molecule has 35 heavy (non-hydrogen) atoms. The number of nitrogen functional groups attached to an aromatic ring is 1. The number of hydrogen-bond donors (Lipinski definition) is 3. The molecule has 2 aliphatic heterocycles. The van der Waals surface area contributed by atoms with Gasteiger partial charge in [0.05, 0.1) is 12.2 Å². The fraction of sp³-hybridized carbons (Fsp3) is 0.385. The average molecular weight is 485 g/mol. The van der Waals surface area contributed by atoms with Crippen LogP contribution in [-0.4, -0.2) is 63.4 Å². The molecular weight excluding hydrogens is 452 g/mol. The summed E-state index contributed by atoms with van der Waals surface area (Å²) in [6.07, 6.45) is 2.61. The molecule has 0 saturated carbocycles. The number of para-hydroxylation sites is 1. The largest absolute Gasteiger partial charge is 0.479 e. The zero-order valence-electron chi connectivity index (χ0n) is 19.7. The van der Waals surface area contributed by atoms with Gasteiger partial charge in [-0.3, -0.25) is 0 Å². The van der Waals surface area contributed by atoms with Crippen LogP contribution in [0.4, 0.5) is 5.69 Å². The van der Waals surface area contributed by atoms with E-state index in [2.05, 4.69) is 4.90 Å². The molecule has 0 amide bonds. The van der Waals surface area contributed by atoms with E-state index < -0.39 is 23.1 Å². The first-order chi connectivity index (χ1) is 16.2. The number of aliphatic carboxylic acids is 2. The van der Waals surface area contributed by atoms with Crippen LogP contribution in [0.5, 0.6) is 5.75 Å². The molecular formula is C26H32N2O7. The molecule has 1 spiro atoms. The van der Waals surface area contributed by atoms with Crippen LogP contribution in [0, 0.1) is 0 Å². The van der Waals surface area contributed by atoms with E-state index in [-0.39, 0.29) is 17.7 Å². The fourth-order valence-corrected chi connectivity index (χ4v) is 4.95. The summed E-state index contributed by atoms with van der Waals surface area (Å²) < 4.78 is 12.8. The SMILES string of the molecule is CC1(/C(=C/C(=O)O)C(=O)O)Oc2ccccc2COC12CCN(CCc1ccc(N)cc1)CC2.O. The van der Waals surface area contributed by atoms with Crippen molar-refractivity contribution in [2.75, 3.05) is 25.4 Å². The molecule has 2 aromatic carbocycles. The number of benzene rings is 2. The van der Waals surface area contributed by atoms with Gasteiger partial charge in [0.2, 0.25) is 0 Å². The number of fused-ring (bicyclic) bond motifs is 1. The number of carbonyl (C=O) groups is 2. The van der Waals surface area contributed by atoms with Gasteiger partial charge in [0.15, 0.2) is 5.60 Å². The van der Waals surface area contributed by atoms with Crippen LogP contribution in [0.1, 0.15) is 30.9 Å². The van der Waals surface area contributed by atoms with Crippen molar-refractivity contribution in [3.05, 3.63) is 71.3 Å². The third kappa shape index (κ3) is 5.32. The van der Waals surface area contributed by atoms with Crippen molar-refractivity contribution in [1.29, 1.82) is 0 Å². The van der Waals surface area contributed by atoms with Gasteiger partial charge in [-0.25, -0.2) is 9.59 Å². The van der Waals surface area contributed by atoms with Crippen LogP contribution in [0.15, 0.2) is 60.2 Å². The number of rotatable bonds is 6. The van der Waals surface area contributed by atoms with Crippen LogP contribution in [0.3, 0.4) is 0 Å². The lowest BCUT2D eigenvalue weighted by Crippen LogP contribution is -2.63. The summed E-state index contributed by atoms with van der Waals surface area (Å²) in [5.74, 6) is -2.17. The lowest BCUT2D eigenvalue weighted by molar-refractivity contribution is -0.175. The summed E-state index contributed by atoms with van der Waals surface area (Å²) >= 11 is 0. The molecule has 1 unspecified atom stereocenters. The minimum atomic E-state index is -1.49. The topological polar surface area (TPSA) is 154 Å². The number of hydrogen-bond acceptors (Lipinski definition) is 6. The Morgan fingerprint density at radius 3 is 2.37 bits per heavy atom. The Morgan fingerprint density at radius 2 is 1.74 bits per heavy atom. The number of anilines is 1. The maximum Gasteiger partial charge on any atom is 0.336 e. The van der Waals surface area contributed by atoms with Crippen molar-refractivity contribution in [3.8, 4) is 5.75 Å². The molecule has 0 aliphatic carbocycles. The molecule has 1 atom stereocenters. The number of nitrogens with zero attached hydrogens (tertiary/aromatic N) is 1. The van der Waals surface area contributed by atoms with Crippen molar-refractivity contribution in [2.45, 2.75) is 44.0 Å². The minimum Gasteiger partial charge on any atom is -0.479 e. The standard InChI is InChI=1S/C26H30N2O6.H2O/c1-25(21(24(31)32)16-23(29)30)26(33-17-19-4-2-3-5-22(19)34-25)11-14-28(15-12-26)13-10-18-6-8-20(27)9-7-18;/h2-9,16H,10-15,17,27H2,1H3,(H,29,30)(H,31,32);1H2/b21-16+;. The minimum absolute atomic E-state index is 0. The van der Waals surface area contributed by atoms with E-state index in [9.17, 15) is 19.8 Å². The van der Waals surface area contributed by atoms with Crippen molar-refractivity contribution in [1.82, 2.24) is 4.90 Å². The third-order valence-electron chi connectivity index (χ3n) is 7.03. The first-order valence-electron chi connectivity index (χ1n) is 11.4. The van der Waals surface area contributed by atoms with Crippen molar-refractivity contribution in [3.63, 3.8) is 0 Å². The molecule has 2 aliphatic rings. The molecule has 1 saturated heterocycles. The summed E-state index contributed by atoms with van der Waals surface area (Å²) in [5, 5.41) is 19.4. The van der Waals surface area contributed by atoms with Gasteiger partial charge in [-0.1, -0.05) is 30.3 Å². The second-order valence-corrected chi connectivity index (χ2v) is 9.06. The Morgan fingerprint density at radius 1 is 1.09 bits per heavy atom. The average Bonchev–Trinajstić information content (AvgIpc) is 2.93. The Balaban J connectivity index is 0.00000342. The normalized spacial score (nSPS) is 21.8. The van der Waals surface area contributed by atoms with Gasteiger partial charge in [0, 0.05) is 37.0 Å². The maximum atomic E-state index is 12.3. The number of piperidine rings is 1. The first kappa shape index (κ1) is 26.2. The first-order valence-corrected chi connectivity index (χ1v) is 11.4. The highest BCUT2D eigenvalue weighted by Gasteiger charge is 2.58. The number of ether oxygens (including phenoxy) is 2. The van der Waals surface area contributed by atoms with Crippen LogP contribution >= 0.6 is 0 Å². The molecule has 6 N–H and O–H groups in total. The van der Waals surface area contributed by atoms with Gasteiger partial charge in [0.1, 0.15) is 11.4 Å². The highest BCUT2D eigenvalue weighted by molar-refractivity contribution is 5.96. The Kier molecular flexibility index (Phi) is 7.84. The molecule has 2 aromatic rings. The molecule has 0 radical (unpaired) electrons. The monoisotopic (exact) mass is 484 g/mol. The quantitative estimate of drug-likeness (QED) is 0.417. The second-order valence-electron chi connectivity index (χ2n) is 9.06. The van der Waals surface area contributed by atoms with Gasteiger partial charge in [-0.2, -0.15) is 0 Å². The van der Waals surface area contributed by atoms with E-state index in [1.165, 1.54) is 5.56 Å². The lowest BCUT2D eigenvalue weighted by Gasteiger charge is -2.50. The van der Waals surface area contributed by atoms with Crippen molar-refractivity contribution in [2.24, 2.45) is 0 Å².